The first-order valence-corrected chi connectivity index (χ1v) is 4.94. The standard InChI is InChI=1S/C9H16N4O2/c1-10-6-5-7(12(3)8(10)14)13(4)9(15)11(6)2/h6-7H,5H2,1-4H3. The van der Waals surface area contributed by atoms with Crippen LogP contribution in [0.25, 0.3) is 0 Å². The van der Waals surface area contributed by atoms with Gasteiger partial charge in [0.15, 0.2) is 0 Å². The number of nitrogens with zero attached hydrogens (tertiary/aromatic N) is 4. The highest BCUT2D eigenvalue weighted by molar-refractivity contribution is 5.81. The van der Waals surface area contributed by atoms with Crippen molar-refractivity contribution in [2.45, 2.75) is 18.8 Å². The van der Waals surface area contributed by atoms with Crippen molar-refractivity contribution < 1.29 is 9.59 Å². The van der Waals surface area contributed by atoms with Gasteiger partial charge in [-0.1, -0.05) is 0 Å². The van der Waals surface area contributed by atoms with Gasteiger partial charge in [-0.25, -0.2) is 9.59 Å². The SMILES string of the molecule is CN1C(=O)N(C)C2CC1N(C)C(=O)N2C. The third-order valence-corrected chi connectivity index (χ3v) is 3.42. The van der Waals surface area contributed by atoms with Crippen molar-refractivity contribution >= 4 is 12.1 Å². The van der Waals surface area contributed by atoms with Gasteiger partial charge in [0, 0.05) is 34.6 Å². The molecule has 0 aromatic carbocycles. The minimum Gasteiger partial charge on any atom is -0.307 e. The van der Waals surface area contributed by atoms with Crippen LogP contribution in [-0.2, 0) is 0 Å². The topological polar surface area (TPSA) is 47.1 Å². The predicted molar refractivity (Wildman–Crippen MR) is 54.0 cm³/mol. The van der Waals surface area contributed by atoms with Gasteiger partial charge in [-0.3, -0.25) is 0 Å². The molecule has 6 nitrogen and oxygen atoms in total. The van der Waals surface area contributed by atoms with Gasteiger partial charge >= 0.3 is 12.1 Å². The fraction of sp³-hybridized carbons (Fsp3) is 0.778. The lowest BCUT2D eigenvalue weighted by molar-refractivity contribution is -0.0393. The minimum absolute atomic E-state index is 0.0394. The molecule has 15 heavy (non-hydrogen) atoms. The summed E-state index contributed by atoms with van der Waals surface area (Å²) in [4.78, 5) is 30.1. The van der Waals surface area contributed by atoms with Crippen LogP contribution < -0.4 is 0 Å². The molecular weight excluding hydrogens is 196 g/mol. The number of urea groups is 2. The van der Waals surface area contributed by atoms with Gasteiger partial charge in [-0.2, -0.15) is 0 Å². The van der Waals surface area contributed by atoms with E-state index in [9.17, 15) is 9.59 Å². The molecule has 0 aromatic rings. The monoisotopic (exact) mass is 212 g/mol. The molecule has 2 bridgehead atoms. The van der Waals surface area contributed by atoms with E-state index in [2.05, 4.69) is 0 Å². The fourth-order valence-electron chi connectivity index (χ4n) is 2.35. The summed E-state index contributed by atoms with van der Waals surface area (Å²) < 4.78 is 0. The van der Waals surface area contributed by atoms with Crippen molar-refractivity contribution in [1.82, 2.24) is 19.6 Å². The first-order valence-electron chi connectivity index (χ1n) is 4.94. The Labute approximate surface area is 89.0 Å². The van der Waals surface area contributed by atoms with E-state index in [-0.39, 0.29) is 24.4 Å². The summed E-state index contributed by atoms with van der Waals surface area (Å²) >= 11 is 0. The van der Waals surface area contributed by atoms with Crippen molar-refractivity contribution in [3.05, 3.63) is 0 Å². The zero-order chi connectivity index (χ0) is 11.3. The van der Waals surface area contributed by atoms with Crippen LogP contribution in [0.4, 0.5) is 9.59 Å². The van der Waals surface area contributed by atoms with Crippen molar-refractivity contribution in [2.24, 2.45) is 0 Å². The van der Waals surface area contributed by atoms with Gasteiger partial charge in [0.05, 0.1) is 0 Å². The van der Waals surface area contributed by atoms with Gasteiger partial charge in [0.2, 0.25) is 0 Å². The van der Waals surface area contributed by atoms with Gasteiger partial charge < -0.3 is 19.6 Å². The number of rotatable bonds is 0. The maximum atomic E-state index is 11.8. The zero-order valence-electron chi connectivity index (χ0n) is 9.47. The number of carbonyl (C=O) groups excluding carboxylic acids is 2. The molecule has 6 heteroatoms. The number of hydrogen-bond donors (Lipinski definition) is 0. The normalized spacial score (nSPS) is 31.5. The van der Waals surface area contributed by atoms with Gasteiger partial charge in [0.1, 0.15) is 12.3 Å². The van der Waals surface area contributed by atoms with Crippen LogP contribution in [0, 0.1) is 0 Å². The molecular formula is C9H16N4O2. The number of fused-ring (bicyclic) bond motifs is 2. The fourth-order valence-corrected chi connectivity index (χ4v) is 2.35. The Morgan fingerprint density at radius 3 is 1.33 bits per heavy atom. The average molecular weight is 212 g/mol. The van der Waals surface area contributed by atoms with E-state index in [4.69, 9.17) is 0 Å². The molecule has 0 unspecified atom stereocenters. The second-order valence-electron chi connectivity index (χ2n) is 4.21. The largest absolute Gasteiger partial charge is 0.322 e. The molecule has 2 heterocycles. The summed E-state index contributed by atoms with van der Waals surface area (Å²) in [6.07, 6.45) is 0.557. The highest BCUT2D eigenvalue weighted by atomic mass is 16.2. The second kappa shape index (κ2) is 3.01. The van der Waals surface area contributed by atoms with E-state index in [0.29, 0.717) is 0 Å². The molecule has 0 radical (unpaired) electrons. The molecule has 2 saturated heterocycles. The van der Waals surface area contributed by atoms with E-state index < -0.39 is 0 Å². The summed E-state index contributed by atoms with van der Waals surface area (Å²) in [5, 5.41) is 0. The van der Waals surface area contributed by atoms with Crippen molar-refractivity contribution in [3.63, 3.8) is 0 Å². The van der Waals surface area contributed by atoms with Crippen LogP contribution in [0.2, 0.25) is 0 Å². The van der Waals surface area contributed by atoms with Crippen LogP contribution in [0.5, 0.6) is 0 Å². The zero-order valence-corrected chi connectivity index (χ0v) is 9.47. The third kappa shape index (κ3) is 1.17. The summed E-state index contributed by atoms with van der Waals surface area (Å²) in [7, 11) is 6.92. The van der Waals surface area contributed by atoms with E-state index >= 15 is 0 Å². The number of amides is 4. The van der Waals surface area contributed by atoms with E-state index in [1.165, 1.54) is 0 Å². The summed E-state index contributed by atoms with van der Waals surface area (Å²) in [6, 6.07) is -0.0788. The van der Waals surface area contributed by atoms with E-state index in [0.717, 1.165) is 6.42 Å². The molecule has 2 aliphatic rings. The molecule has 2 fully saturated rings. The van der Waals surface area contributed by atoms with Gasteiger partial charge in [0.25, 0.3) is 0 Å². The molecule has 0 saturated carbocycles. The minimum atomic E-state index is -0.109. The van der Waals surface area contributed by atoms with Crippen molar-refractivity contribution in [3.8, 4) is 0 Å². The van der Waals surface area contributed by atoms with Crippen molar-refractivity contribution in [2.75, 3.05) is 28.2 Å². The Kier molecular flexibility index (Phi) is 2.02. The molecule has 0 N–H and O–H groups in total. The molecule has 2 aliphatic heterocycles. The summed E-state index contributed by atoms with van der Waals surface area (Å²) in [5.74, 6) is 0. The molecule has 0 spiro atoms. The first kappa shape index (κ1) is 10.1. The Balaban J connectivity index is 2.35. The number of carbonyl (C=O) groups is 2. The maximum absolute atomic E-state index is 11.8. The maximum Gasteiger partial charge on any atom is 0.322 e. The van der Waals surface area contributed by atoms with Crippen LogP contribution in [-0.4, -0.2) is 72.2 Å². The summed E-state index contributed by atoms with van der Waals surface area (Å²) in [6.45, 7) is 0. The second-order valence-corrected chi connectivity index (χ2v) is 4.21. The molecule has 0 atom stereocenters. The Hall–Kier alpha value is -1.46. The average Bonchev–Trinajstić information content (AvgIpc) is 2.22. The molecule has 0 aromatic heterocycles. The Morgan fingerprint density at radius 1 is 0.800 bits per heavy atom. The van der Waals surface area contributed by atoms with Crippen LogP contribution in [0.3, 0.4) is 0 Å². The highest BCUT2D eigenvalue weighted by Crippen LogP contribution is 2.28. The molecule has 84 valence electrons. The van der Waals surface area contributed by atoms with Gasteiger partial charge in [-0.15, -0.1) is 0 Å². The van der Waals surface area contributed by atoms with Crippen LogP contribution in [0.1, 0.15) is 6.42 Å². The summed E-state index contributed by atoms with van der Waals surface area (Å²) in [5.41, 5.74) is 0. The Bertz CT molecular complexity index is 265. The van der Waals surface area contributed by atoms with Crippen molar-refractivity contribution in [1.29, 1.82) is 0 Å². The van der Waals surface area contributed by atoms with Crippen LogP contribution in [0.15, 0.2) is 0 Å². The molecule has 2 rings (SSSR count). The van der Waals surface area contributed by atoms with Gasteiger partial charge in [-0.05, 0) is 0 Å². The molecule has 0 aliphatic carbocycles. The quantitative estimate of drug-likeness (QED) is 0.568. The lowest BCUT2D eigenvalue weighted by Gasteiger charge is -2.53. The lowest BCUT2D eigenvalue weighted by Crippen LogP contribution is -2.71. The van der Waals surface area contributed by atoms with Crippen LogP contribution >= 0.6 is 0 Å². The lowest BCUT2D eigenvalue weighted by atomic mass is 10.1. The Morgan fingerprint density at radius 2 is 1.07 bits per heavy atom. The van der Waals surface area contributed by atoms with E-state index in [1.54, 1.807) is 47.8 Å². The molecule has 4 amide bonds. The first-order chi connectivity index (χ1) is 6.95. The number of hydrogen-bond acceptors (Lipinski definition) is 2. The highest BCUT2D eigenvalue weighted by Gasteiger charge is 2.46. The predicted octanol–water partition coefficient (Wildman–Crippen LogP) is 0.0231. The smallest absolute Gasteiger partial charge is 0.307 e. The van der Waals surface area contributed by atoms with E-state index in [1.807, 2.05) is 0 Å². The third-order valence-electron chi connectivity index (χ3n) is 3.42.